The van der Waals surface area contributed by atoms with Gasteiger partial charge in [0.2, 0.25) is 0 Å². The highest BCUT2D eigenvalue weighted by atomic mass is 16.5. The Morgan fingerprint density at radius 3 is 2.92 bits per heavy atom. The van der Waals surface area contributed by atoms with Crippen molar-refractivity contribution in [2.75, 3.05) is 39.9 Å². The van der Waals surface area contributed by atoms with Crippen LogP contribution < -0.4 is 5.32 Å². The standard InChI is InChI=1S/C20H31N5O/c1-3-21-20(25(2)13-9-16-10-14-26-15-11-16)22-12-8-19-23-17-6-4-5-7-18(17)24-19/h4-7,16H,3,8-15H2,1-2H3,(H,21,22)(H,23,24). The van der Waals surface area contributed by atoms with Crippen LogP contribution in [0.15, 0.2) is 29.3 Å². The fourth-order valence-corrected chi connectivity index (χ4v) is 3.38. The summed E-state index contributed by atoms with van der Waals surface area (Å²) in [4.78, 5) is 15.0. The molecule has 26 heavy (non-hydrogen) atoms. The number of rotatable bonds is 7. The van der Waals surface area contributed by atoms with Gasteiger partial charge in [-0.15, -0.1) is 0 Å². The summed E-state index contributed by atoms with van der Waals surface area (Å²) in [6, 6.07) is 8.14. The molecule has 1 aromatic carbocycles. The minimum absolute atomic E-state index is 0.726. The molecule has 3 rings (SSSR count). The van der Waals surface area contributed by atoms with Gasteiger partial charge in [-0.05, 0) is 44.2 Å². The summed E-state index contributed by atoms with van der Waals surface area (Å²) in [6.45, 7) is 6.58. The summed E-state index contributed by atoms with van der Waals surface area (Å²) < 4.78 is 5.45. The Bertz CT molecular complexity index is 672. The molecule has 2 N–H and O–H groups in total. The number of hydrogen-bond acceptors (Lipinski definition) is 3. The van der Waals surface area contributed by atoms with Crippen molar-refractivity contribution < 1.29 is 4.74 Å². The van der Waals surface area contributed by atoms with Crippen LogP contribution in [0.2, 0.25) is 0 Å². The molecule has 2 aromatic rings. The molecule has 0 aliphatic carbocycles. The van der Waals surface area contributed by atoms with E-state index in [1.54, 1.807) is 0 Å². The van der Waals surface area contributed by atoms with E-state index in [0.29, 0.717) is 0 Å². The molecule has 0 unspecified atom stereocenters. The van der Waals surface area contributed by atoms with Crippen molar-refractivity contribution >= 4 is 17.0 Å². The van der Waals surface area contributed by atoms with E-state index in [9.17, 15) is 0 Å². The van der Waals surface area contributed by atoms with Gasteiger partial charge in [-0.3, -0.25) is 4.99 Å². The third kappa shape index (κ3) is 5.21. The number of imidazole rings is 1. The van der Waals surface area contributed by atoms with Crippen LogP contribution in [0.3, 0.4) is 0 Å². The largest absolute Gasteiger partial charge is 0.381 e. The highest BCUT2D eigenvalue weighted by Crippen LogP contribution is 2.18. The number of aromatic nitrogens is 2. The van der Waals surface area contributed by atoms with Crippen LogP contribution in [0.1, 0.15) is 32.0 Å². The van der Waals surface area contributed by atoms with Crippen molar-refractivity contribution in [2.45, 2.75) is 32.6 Å². The highest BCUT2D eigenvalue weighted by Gasteiger charge is 2.15. The maximum Gasteiger partial charge on any atom is 0.193 e. The van der Waals surface area contributed by atoms with Crippen LogP contribution in [-0.4, -0.2) is 60.7 Å². The normalized spacial score (nSPS) is 16.2. The molecule has 0 amide bonds. The average molecular weight is 358 g/mol. The average Bonchev–Trinajstić information content (AvgIpc) is 3.09. The van der Waals surface area contributed by atoms with Gasteiger partial charge in [0.05, 0.1) is 11.0 Å². The van der Waals surface area contributed by atoms with Crippen molar-refractivity contribution in [1.29, 1.82) is 0 Å². The number of guanidine groups is 1. The Hall–Kier alpha value is -2.08. The van der Waals surface area contributed by atoms with Gasteiger partial charge >= 0.3 is 0 Å². The molecule has 0 spiro atoms. The van der Waals surface area contributed by atoms with Gasteiger partial charge < -0.3 is 19.9 Å². The van der Waals surface area contributed by atoms with Crippen molar-refractivity contribution in [1.82, 2.24) is 20.2 Å². The molecule has 1 fully saturated rings. The maximum absolute atomic E-state index is 5.45. The molecule has 1 saturated heterocycles. The van der Waals surface area contributed by atoms with Crippen molar-refractivity contribution in [3.8, 4) is 0 Å². The molecule has 2 heterocycles. The molecular weight excluding hydrogens is 326 g/mol. The monoisotopic (exact) mass is 357 g/mol. The summed E-state index contributed by atoms with van der Waals surface area (Å²) in [5.74, 6) is 2.76. The van der Waals surface area contributed by atoms with E-state index in [1.807, 2.05) is 18.2 Å². The van der Waals surface area contributed by atoms with E-state index in [2.05, 4.69) is 40.2 Å². The second kappa shape index (κ2) is 9.57. The first-order valence-electron chi connectivity index (χ1n) is 9.77. The van der Waals surface area contributed by atoms with E-state index in [1.165, 1.54) is 19.3 Å². The van der Waals surface area contributed by atoms with E-state index in [4.69, 9.17) is 9.73 Å². The minimum atomic E-state index is 0.726. The lowest BCUT2D eigenvalue weighted by molar-refractivity contribution is 0.0625. The van der Waals surface area contributed by atoms with Gasteiger partial charge in [0.25, 0.3) is 0 Å². The van der Waals surface area contributed by atoms with Crippen LogP contribution in [0.5, 0.6) is 0 Å². The number of ether oxygens (including phenoxy) is 1. The van der Waals surface area contributed by atoms with Gasteiger partial charge in [-0.25, -0.2) is 4.98 Å². The molecule has 0 saturated carbocycles. The van der Waals surface area contributed by atoms with Crippen LogP contribution in [0.25, 0.3) is 11.0 Å². The zero-order valence-corrected chi connectivity index (χ0v) is 16.0. The first-order chi connectivity index (χ1) is 12.8. The SMILES string of the molecule is CCNC(=NCCc1nc2ccccc2[nH]1)N(C)CCC1CCOCC1. The van der Waals surface area contributed by atoms with E-state index < -0.39 is 0 Å². The molecule has 0 radical (unpaired) electrons. The highest BCUT2D eigenvalue weighted by molar-refractivity contribution is 5.79. The second-order valence-electron chi connectivity index (χ2n) is 6.95. The Morgan fingerprint density at radius 2 is 2.15 bits per heavy atom. The van der Waals surface area contributed by atoms with Crippen LogP contribution in [0.4, 0.5) is 0 Å². The van der Waals surface area contributed by atoms with Crippen molar-refractivity contribution in [3.05, 3.63) is 30.1 Å². The van der Waals surface area contributed by atoms with E-state index in [0.717, 1.165) is 68.0 Å². The van der Waals surface area contributed by atoms with Gasteiger partial charge in [-0.2, -0.15) is 0 Å². The predicted octanol–water partition coefficient (Wildman–Crippen LogP) is 2.82. The Kier molecular flexibility index (Phi) is 6.89. The summed E-state index contributed by atoms with van der Waals surface area (Å²) in [5.41, 5.74) is 2.11. The summed E-state index contributed by atoms with van der Waals surface area (Å²) >= 11 is 0. The number of aromatic amines is 1. The molecule has 0 bridgehead atoms. The Balaban J connectivity index is 1.51. The summed E-state index contributed by atoms with van der Waals surface area (Å²) in [6.07, 6.45) is 4.40. The first kappa shape index (κ1) is 18.7. The third-order valence-electron chi connectivity index (χ3n) is 4.96. The molecule has 6 heteroatoms. The lowest BCUT2D eigenvalue weighted by Gasteiger charge is -2.26. The molecular formula is C20H31N5O. The minimum Gasteiger partial charge on any atom is -0.381 e. The van der Waals surface area contributed by atoms with Gasteiger partial charge in [0, 0.05) is 46.3 Å². The number of nitrogens with zero attached hydrogens (tertiary/aromatic N) is 3. The smallest absolute Gasteiger partial charge is 0.193 e. The third-order valence-corrected chi connectivity index (χ3v) is 4.96. The maximum atomic E-state index is 5.45. The van der Waals surface area contributed by atoms with Crippen molar-refractivity contribution in [2.24, 2.45) is 10.9 Å². The van der Waals surface area contributed by atoms with E-state index in [-0.39, 0.29) is 0 Å². The zero-order valence-electron chi connectivity index (χ0n) is 16.0. The fraction of sp³-hybridized carbons (Fsp3) is 0.600. The number of para-hydroxylation sites is 2. The number of fused-ring (bicyclic) bond motifs is 1. The van der Waals surface area contributed by atoms with Gasteiger partial charge in [-0.1, -0.05) is 12.1 Å². The zero-order chi connectivity index (χ0) is 18.2. The van der Waals surface area contributed by atoms with Crippen LogP contribution in [-0.2, 0) is 11.2 Å². The van der Waals surface area contributed by atoms with Crippen molar-refractivity contribution in [3.63, 3.8) is 0 Å². The Morgan fingerprint density at radius 1 is 1.35 bits per heavy atom. The Labute approximate surface area is 156 Å². The fourth-order valence-electron chi connectivity index (χ4n) is 3.38. The van der Waals surface area contributed by atoms with Gasteiger partial charge in [0.15, 0.2) is 5.96 Å². The topological polar surface area (TPSA) is 65.5 Å². The number of H-pyrrole nitrogens is 1. The molecule has 6 nitrogen and oxygen atoms in total. The first-order valence-corrected chi connectivity index (χ1v) is 9.77. The summed E-state index contributed by atoms with van der Waals surface area (Å²) in [7, 11) is 2.13. The number of aliphatic imine (C=N–C) groups is 1. The van der Waals surface area contributed by atoms with Crippen LogP contribution >= 0.6 is 0 Å². The predicted molar refractivity (Wildman–Crippen MR) is 107 cm³/mol. The number of hydrogen-bond donors (Lipinski definition) is 2. The molecule has 1 aliphatic rings. The second-order valence-corrected chi connectivity index (χ2v) is 6.95. The number of nitrogens with one attached hydrogen (secondary N) is 2. The van der Waals surface area contributed by atoms with Gasteiger partial charge in [0.1, 0.15) is 5.82 Å². The lowest BCUT2D eigenvalue weighted by atomic mass is 9.96. The van der Waals surface area contributed by atoms with E-state index >= 15 is 0 Å². The van der Waals surface area contributed by atoms with Crippen LogP contribution in [0, 0.1) is 5.92 Å². The summed E-state index contributed by atoms with van der Waals surface area (Å²) in [5, 5.41) is 3.40. The molecule has 0 atom stereocenters. The molecule has 1 aromatic heterocycles. The molecule has 1 aliphatic heterocycles. The molecule has 142 valence electrons. The lowest BCUT2D eigenvalue weighted by Crippen LogP contribution is -2.40. The quantitative estimate of drug-likeness (QED) is 0.591. The number of benzene rings is 1.